The summed E-state index contributed by atoms with van der Waals surface area (Å²) in [6.07, 6.45) is 0. The zero-order valence-electron chi connectivity index (χ0n) is 9.72. The average Bonchev–Trinajstić information content (AvgIpc) is 2.40. The molecule has 0 atom stereocenters. The summed E-state index contributed by atoms with van der Waals surface area (Å²) in [6, 6.07) is 14.6. The highest BCUT2D eigenvalue weighted by Crippen LogP contribution is 2.13. The molecule has 2 aromatic carbocycles. The largest absolute Gasteiger partial charge is 0.253 e. The summed E-state index contributed by atoms with van der Waals surface area (Å²) in [6.45, 7) is 0. The fraction of sp³-hybridized carbons (Fsp3) is 0.0769. The first-order valence-corrected chi connectivity index (χ1v) is 8.27. The van der Waals surface area contributed by atoms with E-state index < -0.39 is 20.0 Å². The molecular formula is C13H15NO4S2. The van der Waals surface area contributed by atoms with E-state index in [1.165, 1.54) is 48.5 Å². The van der Waals surface area contributed by atoms with Crippen molar-refractivity contribution in [2.45, 2.75) is 17.2 Å². The standard InChI is InChI=1S/C12H11NO4S2.CH4/c14-18(15,11-7-3-1-4-8-11)13-19(16,17)12-9-5-2-6-10-12;/h1-10,13H;1H4. The highest BCUT2D eigenvalue weighted by Gasteiger charge is 2.23. The summed E-state index contributed by atoms with van der Waals surface area (Å²) in [5, 5.41) is 0. The maximum absolute atomic E-state index is 11.9. The summed E-state index contributed by atoms with van der Waals surface area (Å²) in [5.41, 5.74) is 0. The van der Waals surface area contributed by atoms with Gasteiger partial charge in [0.05, 0.1) is 9.79 Å². The Labute approximate surface area is 119 Å². The number of nitrogens with one attached hydrogen (secondary N) is 1. The van der Waals surface area contributed by atoms with Crippen molar-refractivity contribution in [2.75, 3.05) is 0 Å². The van der Waals surface area contributed by atoms with Crippen LogP contribution in [0.2, 0.25) is 0 Å². The summed E-state index contributed by atoms with van der Waals surface area (Å²) in [4.78, 5) is -0.205. The molecular weight excluding hydrogens is 298 g/mol. The lowest BCUT2D eigenvalue weighted by Crippen LogP contribution is -2.30. The van der Waals surface area contributed by atoms with Crippen LogP contribution in [0.4, 0.5) is 0 Å². The molecule has 0 aliphatic rings. The van der Waals surface area contributed by atoms with Crippen molar-refractivity contribution in [3.8, 4) is 0 Å². The third-order valence-electron chi connectivity index (χ3n) is 2.33. The molecule has 0 fully saturated rings. The minimum absolute atomic E-state index is 0. The smallest absolute Gasteiger partial charge is 0.206 e. The van der Waals surface area contributed by atoms with Crippen molar-refractivity contribution < 1.29 is 16.8 Å². The van der Waals surface area contributed by atoms with Gasteiger partial charge in [0.25, 0.3) is 20.0 Å². The normalized spacial score (nSPS) is 11.6. The van der Waals surface area contributed by atoms with Crippen LogP contribution < -0.4 is 4.13 Å². The van der Waals surface area contributed by atoms with Gasteiger partial charge in [0.1, 0.15) is 0 Å². The number of hydrogen-bond donors (Lipinski definition) is 1. The Morgan fingerprint density at radius 2 is 0.900 bits per heavy atom. The molecule has 0 aliphatic carbocycles. The van der Waals surface area contributed by atoms with E-state index in [9.17, 15) is 16.8 Å². The zero-order valence-corrected chi connectivity index (χ0v) is 11.4. The van der Waals surface area contributed by atoms with Crippen molar-refractivity contribution in [3.63, 3.8) is 0 Å². The Balaban J connectivity index is 0.00000200. The number of benzene rings is 2. The second-order valence-electron chi connectivity index (χ2n) is 3.72. The van der Waals surface area contributed by atoms with Gasteiger partial charge >= 0.3 is 0 Å². The predicted molar refractivity (Wildman–Crippen MR) is 77.1 cm³/mol. The molecule has 1 N–H and O–H groups in total. The monoisotopic (exact) mass is 313 g/mol. The maximum atomic E-state index is 11.9. The van der Waals surface area contributed by atoms with E-state index in [1.807, 2.05) is 0 Å². The molecule has 0 aromatic heterocycles. The molecule has 5 nitrogen and oxygen atoms in total. The molecule has 0 unspecified atom stereocenters. The van der Waals surface area contributed by atoms with Crippen molar-refractivity contribution in [2.24, 2.45) is 0 Å². The van der Waals surface area contributed by atoms with Gasteiger partial charge in [-0.2, -0.15) is 0 Å². The van der Waals surface area contributed by atoms with Gasteiger partial charge in [-0.1, -0.05) is 43.8 Å². The minimum atomic E-state index is -4.10. The zero-order chi connectivity index (χ0) is 13.9. The lowest BCUT2D eigenvalue weighted by Gasteiger charge is -2.07. The number of rotatable bonds is 4. The lowest BCUT2D eigenvalue weighted by molar-refractivity contribution is 0.577. The van der Waals surface area contributed by atoms with Crippen LogP contribution in [0.1, 0.15) is 7.43 Å². The van der Waals surface area contributed by atoms with Crippen LogP contribution in [-0.4, -0.2) is 16.8 Å². The van der Waals surface area contributed by atoms with E-state index in [0.717, 1.165) is 0 Å². The molecule has 2 aromatic rings. The Morgan fingerprint density at radius 3 is 1.20 bits per heavy atom. The lowest BCUT2D eigenvalue weighted by atomic mass is 10.4. The Morgan fingerprint density at radius 1 is 0.600 bits per heavy atom. The second-order valence-corrected chi connectivity index (χ2v) is 7.34. The maximum Gasteiger partial charge on any atom is 0.253 e. The summed E-state index contributed by atoms with van der Waals surface area (Å²) in [7, 11) is -8.21. The fourth-order valence-corrected chi connectivity index (χ4v) is 4.40. The number of sulfonamides is 2. The Hall–Kier alpha value is -1.70. The van der Waals surface area contributed by atoms with Crippen LogP contribution in [0.15, 0.2) is 70.5 Å². The van der Waals surface area contributed by atoms with E-state index in [2.05, 4.69) is 0 Å². The summed E-state index contributed by atoms with van der Waals surface area (Å²) >= 11 is 0. The molecule has 0 heterocycles. The van der Waals surface area contributed by atoms with Gasteiger partial charge in [0.2, 0.25) is 0 Å². The number of hydrogen-bond acceptors (Lipinski definition) is 4. The van der Waals surface area contributed by atoms with Crippen molar-refractivity contribution >= 4 is 20.0 Å². The fourth-order valence-electron chi connectivity index (χ4n) is 1.44. The van der Waals surface area contributed by atoms with Gasteiger partial charge in [-0.15, -0.1) is 4.13 Å². The van der Waals surface area contributed by atoms with E-state index in [0.29, 0.717) is 0 Å². The molecule has 0 saturated heterocycles. The molecule has 0 radical (unpaired) electrons. The predicted octanol–water partition coefficient (Wildman–Crippen LogP) is 1.99. The van der Waals surface area contributed by atoms with Gasteiger partial charge in [0, 0.05) is 0 Å². The highest BCUT2D eigenvalue weighted by atomic mass is 32.3. The van der Waals surface area contributed by atoms with Gasteiger partial charge in [-0.05, 0) is 24.3 Å². The van der Waals surface area contributed by atoms with E-state index in [1.54, 1.807) is 16.3 Å². The second kappa shape index (κ2) is 6.17. The van der Waals surface area contributed by atoms with Crippen LogP contribution in [0.5, 0.6) is 0 Å². The molecule has 0 bridgehead atoms. The van der Waals surface area contributed by atoms with Crippen LogP contribution in [0.3, 0.4) is 0 Å². The van der Waals surface area contributed by atoms with Crippen LogP contribution in [0.25, 0.3) is 0 Å². The third kappa shape index (κ3) is 3.66. The Kier molecular flexibility index (Phi) is 5.04. The molecule has 2 rings (SSSR count). The average molecular weight is 313 g/mol. The van der Waals surface area contributed by atoms with Gasteiger partial charge in [-0.3, -0.25) is 0 Å². The van der Waals surface area contributed by atoms with Crippen LogP contribution >= 0.6 is 0 Å². The molecule has 20 heavy (non-hydrogen) atoms. The van der Waals surface area contributed by atoms with Gasteiger partial charge < -0.3 is 0 Å². The summed E-state index contributed by atoms with van der Waals surface area (Å²) in [5.74, 6) is 0. The van der Waals surface area contributed by atoms with E-state index >= 15 is 0 Å². The van der Waals surface area contributed by atoms with E-state index in [-0.39, 0.29) is 17.2 Å². The molecule has 0 amide bonds. The van der Waals surface area contributed by atoms with E-state index in [4.69, 9.17) is 0 Å². The topological polar surface area (TPSA) is 80.3 Å². The van der Waals surface area contributed by atoms with Crippen LogP contribution in [0, 0.1) is 0 Å². The first-order valence-electron chi connectivity index (χ1n) is 5.30. The molecule has 0 spiro atoms. The van der Waals surface area contributed by atoms with Gasteiger partial charge in [0.15, 0.2) is 0 Å². The van der Waals surface area contributed by atoms with Gasteiger partial charge in [-0.25, -0.2) is 16.8 Å². The molecule has 0 saturated carbocycles. The molecule has 7 heteroatoms. The van der Waals surface area contributed by atoms with Crippen molar-refractivity contribution in [1.82, 2.24) is 4.13 Å². The SMILES string of the molecule is C.O=S(=O)(NS(=O)(=O)c1ccccc1)c1ccccc1. The van der Waals surface area contributed by atoms with Crippen LogP contribution in [-0.2, 0) is 20.0 Å². The van der Waals surface area contributed by atoms with Crippen molar-refractivity contribution in [1.29, 1.82) is 0 Å². The first kappa shape index (κ1) is 16.4. The third-order valence-corrected chi connectivity index (χ3v) is 5.87. The summed E-state index contributed by atoms with van der Waals surface area (Å²) < 4.78 is 49.4. The molecule has 0 aliphatic heterocycles. The first-order chi connectivity index (χ1) is 8.92. The Bertz CT molecular complexity index is 687. The minimum Gasteiger partial charge on any atom is -0.206 e. The molecule has 108 valence electrons. The van der Waals surface area contributed by atoms with Crippen molar-refractivity contribution in [3.05, 3.63) is 60.7 Å². The quantitative estimate of drug-likeness (QED) is 0.936. The highest BCUT2D eigenvalue weighted by molar-refractivity contribution is 8.04.